The Balaban J connectivity index is 1.84. The van der Waals surface area contributed by atoms with Crippen LogP contribution in [0.5, 0.6) is 0 Å². The van der Waals surface area contributed by atoms with Crippen molar-refractivity contribution in [2.24, 2.45) is 0 Å². The van der Waals surface area contributed by atoms with Crippen LogP contribution in [0.4, 0.5) is 21.7 Å². The first kappa shape index (κ1) is 18.1. The maximum Gasteiger partial charge on any atom is 0.274 e. The van der Waals surface area contributed by atoms with Crippen LogP contribution in [0.25, 0.3) is 0 Å². The van der Waals surface area contributed by atoms with Crippen LogP contribution >= 0.6 is 23.2 Å². The highest BCUT2D eigenvalue weighted by molar-refractivity contribution is 6.33. The summed E-state index contributed by atoms with van der Waals surface area (Å²) in [6.07, 6.45) is 0. The summed E-state index contributed by atoms with van der Waals surface area (Å²) in [6, 6.07) is 12.6. The Kier molecular flexibility index (Phi) is 5.35. The molecule has 2 N–H and O–H groups in total. The van der Waals surface area contributed by atoms with E-state index >= 15 is 0 Å². The molecule has 8 heteroatoms. The molecule has 0 fully saturated rings. The van der Waals surface area contributed by atoms with Gasteiger partial charge < -0.3 is 10.6 Å². The molecular formula is C18H13Cl2FN4O. The maximum atomic E-state index is 13.3. The fourth-order valence-electron chi connectivity index (χ4n) is 2.19. The minimum absolute atomic E-state index is 0.0284. The van der Waals surface area contributed by atoms with E-state index < -0.39 is 11.7 Å². The lowest BCUT2D eigenvalue weighted by Gasteiger charge is -2.10. The van der Waals surface area contributed by atoms with Crippen molar-refractivity contribution in [1.82, 2.24) is 9.97 Å². The van der Waals surface area contributed by atoms with Crippen LogP contribution in [0.15, 0.2) is 48.5 Å². The van der Waals surface area contributed by atoms with Crippen LogP contribution in [0.3, 0.4) is 0 Å². The normalized spacial score (nSPS) is 10.5. The zero-order valence-corrected chi connectivity index (χ0v) is 15.1. The average molecular weight is 391 g/mol. The summed E-state index contributed by atoms with van der Waals surface area (Å²) >= 11 is 11.8. The highest BCUT2D eigenvalue weighted by Gasteiger charge is 2.13. The highest BCUT2D eigenvalue weighted by Crippen LogP contribution is 2.23. The summed E-state index contributed by atoms with van der Waals surface area (Å²) in [6.45, 7) is 1.73. The highest BCUT2D eigenvalue weighted by atomic mass is 35.5. The Morgan fingerprint density at radius 2 is 1.81 bits per heavy atom. The molecule has 26 heavy (non-hydrogen) atoms. The molecule has 1 aromatic heterocycles. The van der Waals surface area contributed by atoms with E-state index in [9.17, 15) is 9.18 Å². The predicted octanol–water partition coefficient (Wildman–Crippen LogP) is 5.23. The molecule has 0 spiro atoms. The lowest BCUT2D eigenvalue weighted by molar-refractivity contribution is 0.102. The van der Waals surface area contributed by atoms with Gasteiger partial charge in [-0.3, -0.25) is 4.79 Å². The monoisotopic (exact) mass is 390 g/mol. The number of rotatable bonds is 4. The Morgan fingerprint density at radius 1 is 1.04 bits per heavy atom. The second kappa shape index (κ2) is 7.68. The van der Waals surface area contributed by atoms with Gasteiger partial charge in [0, 0.05) is 11.4 Å². The zero-order chi connectivity index (χ0) is 18.7. The number of anilines is 3. The molecule has 5 nitrogen and oxygen atoms in total. The van der Waals surface area contributed by atoms with Crippen molar-refractivity contribution in [1.29, 1.82) is 0 Å². The minimum atomic E-state index is -0.526. The minimum Gasteiger partial charge on any atom is -0.324 e. The third kappa shape index (κ3) is 4.28. The van der Waals surface area contributed by atoms with Gasteiger partial charge in [-0.2, -0.15) is 0 Å². The topological polar surface area (TPSA) is 66.9 Å². The number of nitrogens with zero attached hydrogens (tertiary/aromatic N) is 2. The molecule has 0 aliphatic carbocycles. The van der Waals surface area contributed by atoms with Gasteiger partial charge in [-0.25, -0.2) is 14.4 Å². The lowest BCUT2D eigenvalue weighted by Crippen LogP contribution is -2.15. The van der Waals surface area contributed by atoms with Crippen LogP contribution < -0.4 is 10.6 Å². The van der Waals surface area contributed by atoms with Crippen molar-refractivity contribution in [3.8, 4) is 0 Å². The van der Waals surface area contributed by atoms with E-state index in [1.54, 1.807) is 37.3 Å². The Morgan fingerprint density at radius 3 is 2.54 bits per heavy atom. The maximum absolute atomic E-state index is 13.3. The second-order valence-electron chi connectivity index (χ2n) is 5.41. The molecule has 3 rings (SSSR count). The SMILES string of the molecule is Cc1cc(C(=O)Nc2ccccc2Cl)nc(Nc2ccc(F)c(Cl)c2)n1. The summed E-state index contributed by atoms with van der Waals surface area (Å²) < 4.78 is 13.3. The third-order valence-electron chi connectivity index (χ3n) is 3.38. The van der Waals surface area contributed by atoms with Crippen LogP contribution in [-0.4, -0.2) is 15.9 Å². The van der Waals surface area contributed by atoms with Crippen LogP contribution in [0.2, 0.25) is 10.0 Å². The molecule has 0 saturated heterocycles. The number of hydrogen-bond acceptors (Lipinski definition) is 4. The first-order chi connectivity index (χ1) is 12.4. The predicted molar refractivity (Wildman–Crippen MR) is 101 cm³/mol. The van der Waals surface area contributed by atoms with E-state index in [0.29, 0.717) is 22.1 Å². The Bertz CT molecular complexity index is 981. The molecule has 132 valence electrons. The van der Waals surface area contributed by atoms with Gasteiger partial charge in [-0.05, 0) is 43.3 Å². The molecule has 0 bridgehead atoms. The average Bonchev–Trinajstić information content (AvgIpc) is 2.59. The van der Waals surface area contributed by atoms with E-state index in [1.807, 2.05) is 0 Å². The summed E-state index contributed by atoms with van der Waals surface area (Å²) in [5, 5.41) is 6.00. The van der Waals surface area contributed by atoms with E-state index in [0.717, 1.165) is 0 Å². The molecule has 2 aromatic carbocycles. The second-order valence-corrected chi connectivity index (χ2v) is 6.22. The standard InChI is InChI=1S/C18H13Cl2FN4O/c1-10-8-16(17(26)24-15-5-3-2-4-12(15)19)25-18(22-10)23-11-6-7-14(21)13(20)9-11/h2-9H,1H3,(H,24,26)(H,22,23,25). The summed E-state index contributed by atoms with van der Waals surface area (Å²) in [4.78, 5) is 20.9. The molecule has 0 atom stereocenters. The van der Waals surface area contributed by atoms with Gasteiger partial charge in [0.15, 0.2) is 0 Å². The van der Waals surface area contributed by atoms with Gasteiger partial charge in [0.2, 0.25) is 5.95 Å². The number of nitrogens with one attached hydrogen (secondary N) is 2. The summed E-state index contributed by atoms with van der Waals surface area (Å²) in [5.74, 6) is -0.761. The Hall–Kier alpha value is -2.70. The number of amides is 1. The van der Waals surface area contributed by atoms with Crippen LogP contribution in [-0.2, 0) is 0 Å². The first-order valence-electron chi connectivity index (χ1n) is 7.56. The smallest absolute Gasteiger partial charge is 0.274 e. The van der Waals surface area contributed by atoms with E-state index in [1.165, 1.54) is 18.2 Å². The third-order valence-corrected chi connectivity index (χ3v) is 4.00. The van der Waals surface area contributed by atoms with Crippen molar-refractivity contribution < 1.29 is 9.18 Å². The van der Waals surface area contributed by atoms with Crippen molar-refractivity contribution in [3.63, 3.8) is 0 Å². The summed E-state index contributed by atoms with van der Waals surface area (Å²) in [5.41, 5.74) is 1.72. The van der Waals surface area contributed by atoms with E-state index in [4.69, 9.17) is 23.2 Å². The van der Waals surface area contributed by atoms with Crippen molar-refractivity contribution >= 4 is 46.4 Å². The summed E-state index contributed by atoms with van der Waals surface area (Å²) in [7, 11) is 0. The number of aromatic nitrogens is 2. The molecule has 1 amide bonds. The van der Waals surface area contributed by atoms with E-state index in [-0.39, 0.29) is 16.7 Å². The van der Waals surface area contributed by atoms with Crippen LogP contribution in [0.1, 0.15) is 16.2 Å². The van der Waals surface area contributed by atoms with Gasteiger partial charge in [0.1, 0.15) is 11.5 Å². The fourth-order valence-corrected chi connectivity index (χ4v) is 2.56. The zero-order valence-electron chi connectivity index (χ0n) is 13.6. The first-order valence-corrected chi connectivity index (χ1v) is 8.31. The largest absolute Gasteiger partial charge is 0.324 e. The number of benzene rings is 2. The molecule has 0 aliphatic heterocycles. The van der Waals surface area contributed by atoms with E-state index in [2.05, 4.69) is 20.6 Å². The molecule has 0 saturated carbocycles. The molecule has 0 aliphatic rings. The number of halogens is 3. The van der Waals surface area contributed by atoms with Gasteiger partial charge in [0.05, 0.1) is 15.7 Å². The van der Waals surface area contributed by atoms with Gasteiger partial charge in [-0.1, -0.05) is 35.3 Å². The van der Waals surface area contributed by atoms with Gasteiger partial charge in [-0.15, -0.1) is 0 Å². The molecule has 3 aromatic rings. The number of hydrogen-bond donors (Lipinski definition) is 2. The number of aryl methyl sites for hydroxylation is 1. The van der Waals surface area contributed by atoms with Crippen LogP contribution in [0, 0.1) is 12.7 Å². The molecular weight excluding hydrogens is 378 g/mol. The van der Waals surface area contributed by atoms with Crippen molar-refractivity contribution in [3.05, 3.63) is 75.8 Å². The fraction of sp³-hybridized carbons (Fsp3) is 0.0556. The Labute approximate surface area is 159 Å². The number of carbonyl (C=O) groups is 1. The number of para-hydroxylation sites is 1. The molecule has 1 heterocycles. The molecule has 0 unspecified atom stereocenters. The quantitative estimate of drug-likeness (QED) is 0.640. The lowest BCUT2D eigenvalue weighted by atomic mass is 10.3. The number of carbonyl (C=O) groups excluding carboxylic acids is 1. The van der Waals surface area contributed by atoms with Gasteiger partial charge in [0.25, 0.3) is 5.91 Å². The van der Waals surface area contributed by atoms with Gasteiger partial charge >= 0.3 is 0 Å². The van der Waals surface area contributed by atoms with Crippen molar-refractivity contribution in [2.45, 2.75) is 6.92 Å². The molecule has 0 radical (unpaired) electrons. The van der Waals surface area contributed by atoms with Crippen molar-refractivity contribution in [2.75, 3.05) is 10.6 Å².